The van der Waals surface area contributed by atoms with Crippen molar-refractivity contribution >= 4 is 17.6 Å². The van der Waals surface area contributed by atoms with Crippen LogP contribution < -0.4 is 5.32 Å². The Morgan fingerprint density at radius 3 is 3.12 bits per heavy atom. The molecule has 0 unspecified atom stereocenters. The van der Waals surface area contributed by atoms with E-state index in [-0.39, 0.29) is 12.5 Å². The molecule has 0 aliphatic heterocycles. The van der Waals surface area contributed by atoms with Crippen molar-refractivity contribution in [3.8, 4) is 0 Å². The number of nitrogens with one attached hydrogen (secondary N) is 1. The largest absolute Gasteiger partial charge is 0.468 e. The van der Waals surface area contributed by atoms with E-state index in [1.807, 2.05) is 25.3 Å². The van der Waals surface area contributed by atoms with Crippen LogP contribution in [0.3, 0.4) is 0 Å². The first kappa shape index (κ1) is 10.4. The van der Waals surface area contributed by atoms with Crippen LogP contribution in [0.4, 0.5) is 5.95 Å². The van der Waals surface area contributed by atoms with Gasteiger partial charge in [0.15, 0.2) is 5.65 Å². The second kappa shape index (κ2) is 4.18. The number of esters is 1. The zero-order valence-electron chi connectivity index (χ0n) is 9.10. The Labute approximate surface area is 92.2 Å². The van der Waals surface area contributed by atoms with Gasteiger partial charge in [0.2, 0.25) is 5.95 Å². The van der Waals surface area contributed by atoms with Crippen LogP contribution >= 0.6 is 0 Å². The van der Waals surface area contributed by atoms with Crippen LogP contribution in [0.1, 0.15) is 5.56 Å². The lowest BCUT2D eigenvalue weighted by Gasteiger charge is -1.98. The van der Waals surface area contributed by atoms with Gasteiger partial charge in [-0.2, -0.15) is 4.98 Å². The Morgan fingerprint density at radius 1 is 1.56 bits per heavy atom. The van der Waals surface area contributed by atoms with Crippen molar-refractivity contribution in [1.82, 2.24) is 14.6 Å². The smallest absolute Gasteiger partial charge is 0.325 e. The third-order valence-electron chi connectivity index (χ3n) is 2.10. The van der Waals surface area contributed by atoms with Gasteiger partial charge in [0, 0.05) is 6.20 Å². The predicted molar refractivity (Wildman–Crippen MR) is 58.2 cm³/mol. The van der Waals surface area contributed by atoms with E-state index in [0.717, 1.165) is 11.2 Å². The van der Waals surface area contributed by atoms with E-state index in [9.17, 15) is 4.79 Å². The molecule has 0 aliphatic rings. The maximum atomic E-state index is 10.9. The Kier molecular flexibility index (Phi) is 2.72. The lowest BCUT2D eigenvalue weighted by molar-refractivity contribution is -0.138. The number of pyridine rings is 1. The van der Waals surface area contributed by atoms with Crippen molar-refractivity contribution in [1.29, 1.82) is 0 Å². The minimum absolute atomic E-state index is 0.0619. The van der Waals surface area contributed by atoms with Crippen molar-refractivity contribution in [2.45, 2.75) is 6.92 Å². The van der Waals surface area contributed by atoms with Gasteiger partial charge in [0.25, 0.3) is 0 Å². The number of anilines is 1. The molecule has 6 nitrogen and oxygen atoms in total. The Hall–Kier alpha value is -2.11. The molecule has 6 heteroatoms. The lowest BCUT2D eigenvalue weighted by atomic mass is 10.3. The zero-order chi connectivity index (χ0) is 11.5. The topological polar surface area (TPSA) is 68.5 Å². The normalized spacial score (nSPS) is 10.4. The predicted octanol–water partition coefficient (Wildman–Crippen LogP) is 0.623. The van der Waals surface area contributed by atoms with Gasteiger partial charge in [-0.1, -0.05) is 6.07 Å². The molecule has 2 aromatic heterocycles. The molecule has 0 bridgehead atoms. The molecule has 0 fully saturated rings. The van der Waals surface area contributed by atoms with Crippen LogP contribution in [0.2, 0.25) is 0 Å². The third-order valence-corrected chi connectivity index (χ3v) is 2.10. The number of hydrogen-bond donors (Lipinski definition) is 1. The maximum Gasteiger partial charge on any atom is 0.325 e. The van der Waals surface area contributed by atoms with E-state index < -0.39 is 0 Å². The van der Waals surface area contributed by atoms with Gasteiger partial charge < -0.3 is 10.1 Å². The van der Waals surface area contributed by atoms with Crippen LogP contribution in [-0.2, 0) is 9.53 Å². The fourth-order valence-corrected chi connectivity index (χ4v) is 1.28. The average Bonchev–Trinajstić information content (AvgIpc) is 2.67. The summed E-state index contributed by atoms with van der Waals surface area (Å²) < 4.78 is 6.16. The molecule has 0 spiro atoms. The van der Waals surface area contributed by atoms with Gasteiger partial charge in [-0.05, 0) is 18.6 Å². The quantitative estimate of drug-likeness (QED) is 0.768. The number of carbonyl (C=O) groups is 1. The first-order valence-corrected chi connectivity index (χ1v) is 4.83. The monoisotopic (exact) mass is 220 g/mol. The number of nitrogens with zero attached hydrogens (tertiary/aromatic N) is 3. The highest BCUT2D eigenvalue weighted by Crippen LogP contribution is 2.06. The fraction of sp³-hybridized carbons (Fsp3) is 0.300. The second-order valence-electron chi connectivity index (χ2n) is 3.37. The van der Waals surface area contributed by atoms with Crippen LogP contribution in [-0.4, -0.2) is 34.2 Å². The molecule has 2 rings (SSSR count). The standard InChI is InChI=1S/C10H12N4O2/c1-7-3-4-8-12-10(13-14(8)6-7)11-5-9(15)16-2/h3-4,6H,5H2,1-2H3,(H,11,13). The van der Waals surface area contributed by atoms with E-state index >= 15 is 0 Å². The number of carbonyl (C=O) groups excluding carboxylic acids is 1. The van der Waals surface area contributed by atoms with Crippen molar-refractivity contribution in [3.63, 3.8) is 0 Å². The maximum absolute atomic E-state index is 10.9. The molecule has 0 atom stereocenters. The lowest BCUT2D eigenvalue weighted by Crippen LogP contribution is -2.15. The molecule has 1 N–H and O–H groups in total. The molecule has 0 radical (unpaired) electrons. The molecule has 2 heterocycles. The minimum atomic E-state index is -0.352. The summed E-state index contributed by atoms with van der Waals surface area (Å²) in [4.78, 5) is 15.1. The molecule has 16 heavy (non-hydrogen) atoms. The summed E-state index contributed by atoms with van der Waals surface area (Å²) in [5, 5.41) is 6.95. The molecular weight excluding hydrogens is 208 g/mol. The van der Waals surface area contributed by atoms with Crippen molar-refractivity contribution < 1.29 is 9.53 Å². The summed E-state index contributed by atoms with van der Waals surface area (Å²) in [6.07, 6.45) is 1.87. The van der Waals surface area contributed by atoms with E-state index in [1.54, 1.807) is 4.52 Å². The van der Waals surface area contributed by atoms with Gasteiger partial charge in [-0.3, -0.25) is 4.79 Å². The van der Waals surface area contributed by atoms with Gasteiger partial charge in [-0.15, -0.1) is 5.10 Å². The van der Waals surface area contributed by atoms with Gasteiger partial charge in [0.05, 0.1) is 7.11 Å². The summed E-state index contributed by atoms with van der Waals surface area (Å²) in [6.45, 7) is 2.04. The number of rotatable bonds is 3. The molecule has 0 aromatic carbocycles. The van der Waals surface area contributed by atoms with Crippen LogP contribution in [0, 0.1) is 6.92 Å². The fourth-order valence-electron chi connectivity index (χ4n) is 1.28. The molecule has 84 valence electrons. The molecule has 0 saturated carbocycles. The molecule has 0 aliphatic carbocycles. The Bertz CT molecular complexity index is 521. The highest BCUT2D eigenvalue weighted by Gasteiger charge is 2.05. The summed E-state index contributed by atoms with van der Waals surface area (Å²) in [6, 6.07) is 3.82. The number of fused-ring (bicyclic) bond motifs is 1. The first-order chi connectivity index (χ1) is 7.69. The average molecular weight is 220 g/mol. The number of hydrogen-bond acceptors (Lipinski definition) is 5. The van der Waals surface area contributed by atoms with E-state index in [1.165, 1.54) is 7.11 Å². The highest BCUT2D eigenvalue weighted by molar-refractivity contribution is 5.74. The summed E-state index contributed by atoms with van der Waals surface area (Å²) >= 11 is 0. The van der Waals surface area contributed by atoms with Crippen molar-refractivity contribution in [3.05, 3.63) is 23.9 Å². The SMILES string of the molecule is COC(=O)CNc1nc2ccc(C)cn2n1. The van der Waals surface area contributed by atoms with Gasteiger partial charge in [0.1, 0.15) is 6.54 Å². The summed E-state index contributed by atoms with van der Waals surface area (Å²) in [5.41, 5.74) is 1.83. The van der Waals surface area contributed by atoms with Crippen LogP contribution in [0.25, 0.3) is 5.65 Å². The second-order valence-corrected chi connectivity index (χ2v) is 3.37. The van der Waals surface area contributed by atoms with E-state index in [4.69, 9.17) is 0 Å². The molecule has 2 aromatic rings. The number of ether oxygens (including phenoxy) is 1. The molecular formula is C10H12N4O2. The molecule has 0 amide bonds. The van der Waals surface area contributed by atoms with Gasteiger partial charge in [-0.25, -0.2) is 4.52 Å². The number of aryl methyl sites for hydroxylation is 1. The zero-order valence-corrected chi connectivity index (χ0v) is 9.10. The van der Waals surface area contributed by atoms with Crippen LogP contribution in [0.15, 0.2) is 18.3 Å². The first-order valence-electron chi connectivity index (χ1n) is 4.83. The number of aromatic nitrogens is 3. The number of methoxy groups -OCH3 is 1. The van der Waals surface area contributed by atoms with Crippen molar-refractivity contribution in [2.75, 3.05) is 19.0 Å². The summed E-state index contributed by atoms with van der Waals surface area (Å²) in [7, 11) is 1.34. The van der Waals surface area contributed by atoms with Gasteiger partial charge >= 0.3 is 5.97 Å². The Balaban J connectivity index is 2.16. The third kappa shape index (κ3) is 2.10. The minimum Gasteiger partial charge on any atom is -0.468 e. The summed E-state index contributed by atoms with van der Waals surface area (Å²) in [5.74, 6) is 0.0611. The van der Waals surface area contributed by atoms with Crippen LogP contribution in [0.5, 0.6) is 0 Å². The Morgan fingerprint density at radius 2 is 2.38 bits per heavy atom. The van der Waals surface area contributed by atoms with Crippen molar-refractivity contribution in [2.24, 2.45) is 0 Å². The van der Waals surface area contributed by atoms with E-state index in [0.29, 0.717) is 5.95 Å². The highest BCUT2D eigenvalue weighted by atomic mass is 16.5. The molecule has 0 saturated heterocycles. The van der Waals surface area contributed by atoms with E-state index in [2.05, 4.69) is 20.1 Å².